The number of esters is 1. The molecule has 1 heterocycles. The van der Waals surface area contributed by atoms with Crippen LogP contribution in [0.2, 0.25) is 0 Å². The number of aryl methyl sites for hydroxylation is 1. The summed E-state index contributed by atoms with van der Waals surface area (Å²) in [7, 11) is 3.20. The molecule has 2 aliphatic rings. The van der Waals surface area contributed by atoms with Crippen molar-refractivity contribution in [1.29, 1.82) is 0 Å². The number of aromatic nitrogens is 2. The van der Waals surface area contributed by atoms with E-state index in [-0.39, 0.29) is 12.1 Å². The zero-order valence-corrected chi connectivity index (χ0v) is 20.8. The molecule has 4 rings (SSSR count). The lowest BCUT2D eigenvalue weighted by Gasteiger charge is -2.30. The van der Waals surface area contributed by atoms with Crippen LogP contribution >= 0.6 is 0 Å². The number of anilines is 1. The third kappa shape index (κ3) is 5.90. The number of nitrogens with one attached hydrogen (secondary N) is 2. The van der Waals surface area contributed by atoms with E-state index in [1.165, 1.54) is 32.8 Å². The van der Waals surface area contributed by atoms with Gasteiger partial charge >= 0.3 is 12.1 Å². The first-order valence-corrected chi connectivity index (χ1v) is 12.1. The first kappa shape index (κ1) is 24.1. The summed E-state index contributed by atoms with van der Waals surface area (Å²) in [5.74, 6) is 1.41. The number of nitrogens with zero attached hydrogens (tertiary/aromatic N) is 2. The summed E-state index contributed by atoms with van der Waals surface area (Å²) < 4.78 is 12.2. The molecule has 8 nitrogen and oxygen atoms in total. The van der Waals surface area contributed by atoms with Crippen molar-refractivity contribution in [1.82, 2.24) is 14.9 Å². The van der Waals surface area contributed by atoms with Crippen LogP contribution in [0, 0.1) is 17.8 Å². The Balaban J connectivity index is 1.46. The summed E-state index contributed by atoms with van der Waals surface area (Å²) in [5, 5.41) is 6.68. The monoisotopic (exact) mass is 468 g/mol. The Labute approximate surface area is 201 Å². The molecule has 0 saturated heterocycles. The first-order valence-electron chi connectivity index (χ1n) is 12.1. The van der Waals surface area contributed by atoms with E-state index < -0.39 is 11.6 Å². The molecule has 2 aromatic rings. The fourth-order valence-electron chi connectivity index (χ4n) is 4.74. The summed E-state index contributed by atoms with van der Waals surface area (Å²) in [5.41, 5.74) is 2.31. The van der Waals surface area contributed by atoms with Crippen LogP contribution in [0.15, 0.2) is 30.6 Å². The topological polar surface area (TPSA) is 94.5 Å². The minimum atomic E-state index is -0.526. The van der Waals surface area contributed by atoms with E-state index in [4.69, 9.17) is 9.47 Å². The number of carbonyl (C=O) groups excluding carboxylic acids is 2. The van der Waals surface area contributed by atoms with Crippen molar-refractivity contribution in [2.75, 3.05) is 19.0 Å². The summed E-state index contributed by atoms with van der Waals surface area (Å²) in [6, 6.07) is 7.90. The number of rotatable bonds is 9. The van der Waals surface area contributed by atoms with Crippen molar-refractivity contribution in [3.05, 3.63) is 36.3 Å². The number of amides is 1. The van der Waals surface area contributed by atoms with Gasteiger partial charge in [0.25, 0.3) is 0 Å². The van der Waals surface area contributed by atoms with Crippen molar-refractivity contribution in [3.63, 3.8) is 0 Å². The average Bonchev–Trinajstić information content (AvgIpc) is 3.71. The fraction of sp³-hybridized carbons (Fsp3) is 0.577. The molecule has 0 spiro atoms. The Morgan fingerprint density at radius 1 is 1.12 bits per heavy atom. The molecule has 1 unspecified atom stereocenters. The second kappa shape index (κ2) is 9.68. The Hall–Kier alpha value is -3.03. The predicted molar refractivity (Wildman–Crippen MR) is 131 cm³/mol. The van der Waals surface area contributed by atoms with Gasteiger partial charge in [-0.1, -0.05) is 12.1 Å². The summed E-state index contributed by atoms with van der Waals surface area (Å²) in [6.45, 7) is 6.28. The van der Waals surface area contributed by atoms with Crippen molar-refractivity contribution < 1.29 is 19.1 Å². The molecule has 2 aliphatic carbocycles. The zero-order chi connectivity index (χ0) is 24.5. The predicted octanol–water partition coefficient (Wildman–Crippen LogP) is 4.62. The van der Waals surface area contributed by atoms with Gasteiger partial charge in [-0.15, -0.1) is 0 Å². The maximum Gasteiger partial charge on any atom is 0.407 e. The molecule has 0 aliphatic heterocycles. The molecular weight excluding hydrogens is 432 g/mol. The lowest BCUT2D eigenvalue weighted by atomic mass is 9.89. The second-order valence-corrected chi connectivity index (χ2v) is 10.5. The molecule has 184 valence electrons. The number of hydrogen-bond acceptors (Lipinski definition) is 6. The largest absolute Gasteiger partial charge is 0.464 e. The highest BCUT2D eigenvalue weighted by Gasteiger charge is 2.46. The van der Waals surface area contributed by atoms with Crippen molar-refractivity contribution in [2.24, 2.45) is 24.8 Å². The van der Waals surface area contributed by atoms with Crippen molar-refractivity contribution in [2.45, 2.75) is 58.1 Å². The van der Waals surface area contributed by atoms with Crippen molar-refractivity contribution in [3.8, 4) is 11.3 Å². The molecule has 2 N–H and O–H groups in total. The van der Waals surface area contributed by atoms with E-state index in [9.17, 15) is 9.59 Å². The minimum absolute atomic E-state index is 0.0116. The highest BCUT2D eigenvalue weighted by Crippen LogP contribution is 2.50. The molecule has 2 fully saturated rings. The number of methoxy groups -OCH3 is 1. The smallest absolute Gasteiger partial charge is 0.407 e. The van der Waals surface area contributed by atoms with Gasteiger partial charge in [-0.25, -0.2) is 14.6 Å². The maximum atomic E-state index is 12.6. The van der Waals surface area contributed by atoms with Crippen LogP contribution in [0.25, 0.3) is 11.3 Å². The number of hydrogen-bond donors (Lipinski definition) is 2. The Kier molecular flexibility index (Phi) is 6.86. The molecule has 0 radical (unpaired) electrons. The highest BCUT2D eigenvalue weighted by atomic mass is 16.6. The molecule has 0 bridgehead atoms. The van der Waals surface area contributed by atoms with Gasteiger partial charge in [0, 0.05) is 24.8 Å². The number of benzene rings is 1. The minimum Gasteiger partial charge on any atom is -0.464 e. The summed E-state index contributed by atoms with van der Waals surface area (Å²) in [6.07, 6.45) is 6.24. The maximum absolute atomic E-state index is 12.6. The summed E-state index contributed by atoms with van der Waals surface area (Å²) in [4.78, 5) is 28.8. The third-order valence-electron chi connectivity index (χ3n) is 6.50. The lowest BCUT2D eigenvalue weighted by molar-refractivity contribution is 0.0480. The second-order valence-electron chi connectivity index (χ2n) is 10.5. The Morgan fingerprint density at radius 3 is 2.26 bits per heavy atom. The van der Waals surface area contributed by atoms with Crippen LogP contribution in [0.4, 0.5) is 10.5 Å². The normalized spacial score (nSPS) is 16.8. The molecule has 1 aromatic heterocycles. The number of imidazole rings is 1. The van der Waals surface area contributed by atoms with Gasteiger partial charge in [0.2, 0.25) is 0 Å². The van der Waals surface area contributed by atoms with E-state index in [2.05, 4.69) is 15.6 Å². The molecule has 8 heteroatoms. The number of carbonyl (C=O) groups is 2. The summed E-state index contributed by atoms with van der Waals surface area (Å²) >= 11 is 0. The van der Waals surface area contributed by atoms with Crippen LogP contribution in [0.1, 0.15) is 56.9 Å². The Bertz CT molecular complexity index is 1000. The van der Waals surface area contributed by atoms with Gasteiger partial charge < -0.3 is 24.7 Å². The molecule has 1 atom stereocenters. The third-order valence-corrected chi connectivity index (χ3v) is 6.50. The first-order chi connectivity index (χ1) is 16.2. The number of ether oxygens (including phenoxy) is 2. The van der Waals surface area contributed by atoms with Crippen LogP contribution in [-0.4, -0.2) is 46.9 Å². The molecule has 1 aromatic carbocycles. The quantitative estimate of drug-likeness (QED) is 0.522. The van der Waals surface area contributed by atoms with Gasteiger partial charge in [0.05, 0.1) is 25.2 Å². The average molecular weight is 469 g/mol. The highest BCUT2D eigenvalue weighted by molar-refractivity contribution is 5.94. The van der Waals surface area contributed by atoms with E-state index in [0.29, 0.717) is 35.7 Å². The molecular formula is C26H36N4O4. The van der Waals surface area contributed by atoms with Gasteiger partial charge in [-0.2, -0.15) is 0 Å². The lowest BCUT2D eigenvalue weighted by Crippen LogP contribution is -2.48. The van der Waals surface area contributed by atoms with E-state index in [1.807, 2.05) is 56.7 Å². The zero-order valence-electron chi connectivity index (χ0n) is 20.8. The fourth-order valence-corrected chi connectivity index (χ4v) is 4.74. The van der Waals surface area contributed by atoms with Crippen LogP contribution < -0.4 is 10.6 Å². The van der Waals surface area contributed by atoms with E-state index in [0.717, 1.165) is 11.3 Å². The standard InChI is InChI=1S/C26H36N4O4/c1-26(2,3)34-25(32)29-20(21(16-6-7-16)17-8-9-17)14-27-19-12-10-18(11-13-19)23-22(24(31)33-5)28-15-30(23)4/h10-13,15-17,20-21,27H,6-9,14H2,1-5H3,(H,29,32). The van der Waals surface area contributed by atoms with Crippen LogP contribution in [0.5, 0.6) is 0 Å². The Morgan fingerprint density at radius 2 is 1.74 bits per heavy atom. The van der Waals surface area contributed by atoms with Gasteiger partial charge in [0.1, 0.15) is 5.60 Å². The molecule has 34 heavy (non-hydrogen) atoms. The molecule has 2 saturated carbocycles. The van der Waals surface area contributed by atoms with E-state index in [1.54, 1.807) is 6.33 Å². The van der Waals surface area contributed by atoms with Gasteiger partial charge in [-0.3, -0.25) is 0 Å². The van der Waals surface area contributed by atoms with Gasteiger partial charge in [0.15, 0.2) is 5.69 Å². The molecule has 1 amide bonds. The van der Waals surface area contributed by atoms with E-state index >= 15 is 0 Å². The number of alkyl carbamates (subject to hydrolysis) is 1. The van der Waals surface area contributed by atoms with Crippen molar-refractivity contribution >= 4 is 17.7 Å². The van der Waals surface area contributed by atoms with Crippen LogP contribution in [0.3, 0.4) is 0 Å². The van der Waals surface area contributed by atoms with Crippen LogP contribution in [-0.2, 0) is 16.5 Å². The van der Waals surface area contributed by atoms with Gasteiger partial charge in [-0.05, 0) is 76.3 Å². The SMILES string of the molecule is COC(=O)c1ncn(C)c1-c1ccc(NCC(NC(=O)OC(C)(C)C)C(C2CC2)C2CC2)cc1.